The largest absolute Gasteiger partial charge is 0.336 e. The fraction of sp³-hybridized carbons (Fsp3) is 0.600. The molecule has 0 aliphatic heterocycles. The van der Waals surface area contributed by atoms with Crippen molar-refractivity contribution >= 4 is 21.1 Å². The van der Waals surface area contributed by atoms with Crippen LogP contribution in [0.2, 0.25) is 0 Å². The molecule has 23 heavy (non-hydrogen) atoms. The predicted molar refractivity (Wildman–Crippen MR) is 86.4 cm³/mol. The molecule has 2 aromatic heterocycles. The predicted octanol–water partition coefficient (Wildman–Crippen LogP) is 1.73. The summed E-state index contributed by atoms with van der Waals surface area (Å²) in [5.74, 6) is 0. The Balaban J connectivity index is 1.81. The maximum Gasteiger partial charge on any atom is 0.258 e. The molecule has 0 amide bonds. The summed E-state index contributed by atoms with van der Waals surface area (Å²) in [5, 5.41) is 4.53. The lowest BCUT2D eigenvalue weighted by Gasteiger charge is -2.33. The Hall–Kier alpha value is -1.51. The summed E-state index contributed by atoms with van der Waals surface area (Å²) >= 11 is 0. The minimum atomic E-state index is -3.65. The smallest absolute Gasteiger partial charge is 0.258 e. The van der Waals surface area contributed by atoms with E-state index in [0.717, 1.165) is 25.7 Å². The van der Waals surface area contributed by atoms with Crippen LogP contribution in [0, 0.1) is 0 Å². The number of pyridine rings is 1. The molecule has 0 bridgehead atoms. The van der Waals surface area contributed by atoms with Crippen molar-refractivity contribution in [3.05, 3.63) is 18.0 Å². The van der Waals surface area contributed by atoms with E-state index in [-0.39, 0.29) is 11.4 Å². The molecule has 126 valence electrons. The van der Waals surface area contributed by atoms with E-state index in [2.05, 4.69) is 14.9 Å². The highest BCUT2D eigenvalue weighted by Gasteiger charge is 2.29. The van der Waals surface area contributed by atoms with Gasteiger partial charge in [0.25, 0.3) is 5.71 Å². The average Bonchev–Trinajstić information content (AvgIpc) is 2.96. The zero-order valence-electron chi connectivity index (χ0n) is 13.2. The molecule has 0 unspecified atom stereocenters. The molecule has 0 spiro atoms. The molecular weight excluding hydrogens is 316 g/mol. The second kappa shape index (κ2) is 6.18. The lowest BCUT2D eigenvalue weighted by Crippen LogP contribution is -2.51. The van der Waals surface area contributed by atoms with Crippen LogP contribution in [0.5, 0.6) is 0 Å². The number of nitrogens with one attached hydrogen (secondary N) is 1. The van der Waals surface area contributed by atoms with Gasteiger partial charge in [-0.05, 0) is 25.3 Å². The van der Waals surface area contributed by atoms with Crippen molar-refractivity contribution in [3.63, 3.8) is 0 Å². The normalized spacial score (nSPS) is 18.3. The third kappa shape index (κ3) is 3.39. The monoisotopic (exact) mass is 338 g/mol. The number of aromatic nitrogens is 2. The molecule has 0 radical (unpaired) electrons. The van der Waals surface area contributed by atoms with Gasteiger partial charge in [-0.2, -0.15) is 0 Å². The van der Waals surface area contributed by atoms with Crippen LogP contribution in [0.25, 0.3) is 11.1 Å². The quantitative estimate of drug-likeness (QED) is 0.859. The van der Waals surface area contributed by atoms with Crippen LogP contribution in [-0.4, -0.2) is 30.6 Å². The number of nitrogens with two attached hydrogens (primary N) is 1. The van der Waals surface area contributed by atoms with Gasteiger partial charge in [0.05, 0.1) is 17.3 Å². The first-order valence-electron chi connectivity index (χ1n) is 7.96. The van der Waals surface area contributed by atoms with Gasteiger partial charge in [0.1, 0.15) is 4.90 Å². The minimum absolute atomic E-state index is 0.113. The fourth-order valence-corrected chi connectivity index (χ4v) is 4.13. The molecule has 0 atom stereocenters. The van der Waals surface area contributed by atoms with Crippen LogP contribution in [0.15, 0.2) is 21.7 Å². The van der Waals surface area contributed by atoms with Gasteiger partial charge in [-0.25, -0.2) is 18.1 Å². The van der Waals surface area contributed by atoms with Crippen molar-refractivity contribution in [1.29, 1.82) is 0 Å². The number of hydrogen-bond donors (Lipinski definition) is 2. The van der Waals surface area contributed by atoms with E-state index in [9.17, 15) is 8.42 Å². The zero-order valence-corrected chi connectivity index (χ0v) is 14.0. The highest BCUT2D eigenvalue weighted by Crippen LogP contribution is 2.26. The van der Waals surface area contributed by atoms with Gasteiger partial charge in [0.2, 0.25) is 10.0 Å². The van der Waals surface area contributed by atoms with Crippen LogP contribution < -0.4 is 10.5 Å². The van der Waals surface area contributed by atoms with Crippen molar-refractivity contribution < 1.29 is 12.9 Å². The SMILES string of the molecule is CCc1noc2ncc(S(=O)(=O)NCC3(N)CCCCC3)cc12. The van der Waals surface area contributed by atoms with Crippen molar-refractivity contribution in [2.24, 2.45) is 5.73 Å². The second-order valence-corrected chi connectivity index (χ2v) is 8.02. The van der Waals surface area contributed by atoms with E-state index >= 15 is 0 Å². The van der Waals surface area contributed by atoms with E-state index in [1.165, 1.54) is 12.6 Å². The molecule has 1 aliphatic rings. The summed E-state index contributed by atoms with van der Waals surface area (Å²) in [6, 6.07) is 1.56. The number of hydrogen-bond acceptors (Lipinski definition) is 6. The standard InChI is InChI=1S/C15H22N4O3S/c1-2-13-12-8-11(9-17-14(12)22-19-13)23(20,21)18-10-15(16)6-4-3-5-7-15/h8-9,18H,2-7,10,16H2,1H3. The highest BCUT2D eigenvalue weighted by molar-refractivity contribution is 7.89. The van der Waals surface area contributed by atoms with Gasteiger partial charge >= 0.3 is 0 Å². The molecule has 3 rings (SSSR count). The maximum atomic E-state index is 12.5. The average molecular weight is 338 g/mol. The van der Waals surface area contributed by atoms with Crippen molar-refractivity contribution in [1.82, 2.24) is 14.9 Å². The summed E-state index contributed by atoms with van der Waals surface area (Å²) in [5.41, 5.74) is 6.90. The molecule has 8 heteroatoms. The van der Waals surface area contributed by atoms with Crippen LogP contribution in [0.4, 0.5) is 0 Å². The van der Waals surface area contributed by atoms with Crippen molar-refractivity contribution in [2.45, 2.75) is 55.9 Å². The van der Waals surface area contributed by atoms with Gasteiger partial charge in [-0.1, -0.05) is 31.3 Å². The number of fused-ring (bicyclic) bond motifs is 1. The Bertz CT molecular complexity index is 794. The molecule has 1 saturated carbocycles. The summed E-state index contributed by atoms with van der Waals surface area (Å²) in [6.07, 6.45) is 6.89. The topological polar surface area (TPSA) is 111 Å². The Kier molecular flexibility index (Phi) is 4.39. The molecule has 7 nitrogen and oxygen atoms in total. The van der Waals surface area contributed by atoms with Gasteiger partial charge in [-0.3, -0.25) is 0 Å². The lowest BCUT2D eigenvalue weighted by molar-refractivity contribution is 0.296. The summed E-state index contributed by atoms with van der Waals surface area (Å²) in [7, 11) is -3.65. The molecule has 0 saturated heterocycles. The van der Waals surface area contributed by atoms with Gasteiger partial charge in [0, 0.05) is 12.1 Å². The number of sulfonamides is 1. The minimum Gasteiger partial charge on any atom is -0.336 e. The number of nitrogens with zero attached hydrogens (tertiary/aromatic N) is 2. The molecule has 1 fully saturated rings. The van der Waals surface area contributed by atoms with Crippen LogP contribution in [0.3, 0.4) is 0 Å². The Labute approximate surface area is 135 Å². The third-order valence-corrected chi connectivity index (χ3v) is 5.86. The number of rotatable bonds is 5. The second-order valence-electron chi connectivity index (χ2n) is 6.25. The molecular formula is C15H22N4O3S. The maximum absolute atomic E-state index is 12.5. The summed E-state index contributed by atoms with van der Waals surface area (Å²) in [6.45, 7) is 2.18. The van der Waals surface area contributed by atoms with Crippen LogP contribution >= 0.6 is 0 Å². The van der Waals surface area contributed by atoms with Gasteiger partial charge in [-0.15, -0.1) is 0 Å². The van der Waals surface area contributed by atoms with E-state index in [1.807, 2.05) is 6.92 Å². The van der Waals surface area contributed by atoms with E-state index < -0.39 is 15.6 Å². The first-order chi connectivity index (χ1) is 10.9. The first kappa shape index (κ1) is 16.4. The highest BCUT2D eigenvalue weighted by atomic mass is 32.2. The summed E-state index contributed by atoms with van der Waals surface area (Å²) in [4.78, 5) is 4.16. The van der Waals surface area contributed by atoms with Crippen LogP contribution in [0.1, 0.15) is 44.7 Å². The van der Waals surface area contributed by atoms with E-state index in [1.54, 1.807) is 6.07 Å². The number of aryl methyl sites for hydroxylation is 1. The molecule has 1 aliphatic carbocycles. The molecule has 2 aromatic rings. The third-order valence-electron chi connectivity index (χ3n) is 4.49. The zero-order chi connectivity index (χ0) is 16.5. The Morgan fingerprint density at radius 1 is 1.35 bits per heavy atom. The van der Waals surface area contributed by atoms with Crippen LogP contribution in [-0.2, 0) is 16.4 Å². The van der Waals surface area contributed by atoms with Crippen molar-refractivity contribution in [2.75, 3.05) is 6.54 Å². The van der Waals surface area contributed by atoms with E-state index in [4.69, 9.17) is 10.3 Å². The Morgan fingerprint density at radius 2 is 2.09 bits per heavy atom. The first-order valence-corrected chi connectivity index (χ1v) is 9.45. The molecule has 0 aromatic carbocycles. The van der Waals surface area contributed by atoms with Gasteiger partial charge in [0.15, 0.2) is 0 Å². The van der Waals surface area contributed by atoms with Gasteiger partial charge < -0.3 is 10.3 Å². The molecule has 2 heterocycles. The molecule has 3 N–H and O–H groups in total. The fourth-order valence-electron chi connectivity index (χ4n) is 3.02. The van der Waals surface area contributed by atoms with E-state index in [0.29, 0.717) is 23.2 Å². The Morgan fingerprint density at radius 3 is 2.78 bits per heavy atom. The lowest BCUT2D eigenvalue weighted by atomic mass is 9.83. The van der Waals surface area contributed by atoms with Crippen molar-refractivity contribution in [3.8, 4) is 0 Å². The summed E-state index contributed by atoms with van der Waals surface area (Å²) < 4.78 is 32.8.